The fourth-order valence-corrected chi connectivity index (χ4v) is 4.02. The van der Waals surface area contributed by atoms with Crippen LogP contribution in [0.5, 0.6) is 5.75 Å². The number of aryl methyl sites for hydroxylation is 1. The van der Waals surface area contributed by atoms with Crippen molar-refractivity contribution in [3.05, 3.63) is 70.7 Å². The number of thiazole rings is 1. The summed E-state index contributed by atoms with van der Waals surface area (Å²) in [6.45, 7) is 6.04. The summed E-state index contributed by atoms with van der Waals surface area (Å²) in [5.41, 5.74) is 2.82. The van der Waals surface area contributed by atoms with Gasteiger partial charge >= 0.3 is 0 Å². The van der Waals surface area contributed by atoms with Crippen molar-refractivity contribution in [2.75, 3.05) is 26.9 Å². The Morgan fingerprint density at radius 3 is 2.48 bits per heavy atom. The van der Waals surface area contributed by atoms with Gasteiger partial charge < -0.3 is 14.4 Å². The van der Waals surface area contributed by atoms with Crippen LogP contribution in [0.15, 0.2) is 54.6 Å². The predicted octanol–water partition coefficient (Wildman–Crippen LogP) is 4.81. The van der Waals surface area contributed by atoms with Gasteiger partial charge in [0.2, 0.25) is 0 Å². The van der Waals surface area contributed by atoms with E-state index >= 15 is 0 Å². The van der Waals surface area contributed by atoms with Gasteiger partial charge in [-0.2, -0.15) is 0 Å². The Kier molecular flexibility index (Phi) is 7.38. The summed E-state index contributed by atoms with van der Waals surface area (Å²) in [5, 5.41) is 0.834. The molecule has 0 fully saturated rings. The average molecular weight is 411 g/mol. The first kappa shape index (κ1) is 21.0. The molecule has 2 aromatic carbocycles. The molecule has 0 atom stereocenters. The summed E-state index contributed by atoms with van der Waals surface area (Å²) >= 11 is 1.43. The van der Waals surface area contributed by atoms with Crippen molar-refractivity contribution >= 4 is 17.2 Å². The van der Waals surface area contributed by atoms with Gasteiger partial charge in [0.25, 0.3) is 5.91 Å². The first-order valence-electron chi connectivity index (χ1n) is 9.65. The largest absolute Gasteiger partial charge is 0.494 e. The van der Waals surface area contributed by atoms with Gasteiger partial charge in [-0.05, 0) is 43.7 Å². The van der Waals surface area contributed by atoms with E-state index in [1.807, 2.05) is 73.3 Å². The SMILES string of the molecule is CCOc1ccc(-c2nc(C)c(C(=O)N(CCOC)Cc3ccccc3)s2)cc1. The molecule has 29 heavy (non-hydrogen) atoms. The monoisotopic (exact) mass is 410 g/mol. The third kappa shape index (κ3) is 5.43. The summed E-state index contributed by atoms with van der Waals surface area (Å²) in [7, 11) is 1.65. The molecular formula is C23H26N2O3S. The molecule has 0 aliphatic carbocycles. The second-order valence-corrected chi connectivity index (χ2v) is 7.60. The Morgan fingerprint density at radius 1 is 1.10 bits per heavy atom. The van der Waals surface area contributed by atoms with Crippen molar-refractivity contribution in [3.8, 4) is 16.3 Å². The van der Waals surface area contributed by atoms with Crippen molar-refractivity contribution in [3.63, 3.8) is 0 Å². The van der Waals surface area contributed by atoms with E-state index in [2.05, 4.69) is 4.98 Å². The van der Waals surface area contributed by atoms with E-state index in [0.29, 0.717) is 31.2 Å². The Balaban J connectivity index is 1.82. The number of carbonyl (C=O) groups excluding carboxylic acids is 1. The molecule has 152 valence electrons. The zero-order valence-corrected chi connectivity index (χ0v) is 17.9. The Labute approximate surface area is 175 Å². The average Bonchev–Trinajstić information content (AvgIpc) is 3.13. The first-order valence-corrected chi connectivity index (χ1v) is 10.5. The maximum atomic E-state index is 13.3. The van der Waals surface area contributed by atoms with E-state index in [9.17, 15) is 4.79 Å². The molecule has 6 heteroatoms. The quantitative estimate of drug-likeness (QED) is 0.508. The lowest BCUT2D eigenvalue weighted by atomic mass is 10.2. The van der Waals surface area contributed by atoms with Crippen LogP contribution < -0.4 is 4.74 Å². The lowest BCUT2D eigenvalue weighted by molar-refractivity contribution is 0.0684. The fourth-order valence-electron chi connectivity index (χ4n) is 2.98. The van der Waals surface area contributed by atoms with Crippen LogP contribution in [0.2, 0.25) is 0 Å². The molecule has 0 unspecified atom stereocenters. The molecule has 0 aliphatic heterocycles. The molecule has 0 bridgehead atoms. The summed E-state index contributed by atoms with van der Waals surface area (Å²) in [6.07, 6.45) is 0. The van der Waals surface area contributed by atoms with Crippen LogP contribution in [0.4, 0.5) is 0 Å². The van der Waals surface area contributed by atoms with Gasteiger partial charge in [0.1, 0.15) is 15.6 Å². The van der Waals surface area contributed by atoms with Gasteiger partial charge in [-0.3, -0.25) is 4.79 Å². The molecular weight excluding hydrogens is 384 g/mol. The number of benzene rings is 2. The summed E-state index contributed by atoms with van der Waals surface area (Å²) in [4.78, 5) is 20.4. The molecule has 0 saturated heterocycles. The van der Waals surface area contributed by atoms with E-state index in [1.165, 1.54) is 11.3 Å². The van der Waals surface area contributed by atoms with Crippen LogP contribution in [0.25, 0.3) is 10.6 Å². The first-order chi connectivity index (χ1) is 14.1. The number of hydrogen-bond acceptors (Lipinski definition) is 5. The van der Waals surface area contributed by atoms with Gasteiger partial charge in [0.15, 0.2) is 0 Å². The van der Waals surface area contributed by atoms with Crippen molar-refractivity contribution in [2.45, 2.75) is 20.4 Å². The summed E-state index contributed by atoms with van der Waals surface area (Å²) < 4.78 is 10.7. The van der Waals surface area contributed by atoms with Crippen LogP contribution >= 0.6 is 11.3 Å². The fraction of sp³-hybridized carbons (Fsp3) is 0.304. The number of methoxy groups -OCH3 is 1. The van der Waals surface area contributed by atoms with Gasteiger partial charge in [0, 0.05) is 25.8 Å². The van der Waals surface area contributed by atoms with E-state index in [1.54, 1.807) is 7.11 Å². The molecule has 1 heterocycles. The number of hydrogen-bond donors (Lipinski definition) is 0. The smallest absolute Gasteiger partial charge is 0.266 e. The molecule has 3 aromatic rings. The highest BCUT2D eigenvalue weighted by Gasteiger charge is 2.22. The van der Waals surface area contributed by atoms with Crippen LogP contribution in [-0.4, -0.2) is 42.7 Å². The Bertz CT molecular complexity index is 923. The highest BCUT2D eigenvalue weighted by molar-refractivity contribution is 7.17. The minimum absolute atomic E-state index is 0.0157. The maximum absolute atomic E-state index is 13.3. The molecule has 1 aromatic heterocycles. The number of ether oxygens (including phenoxy) is 2. The Morgan fingerprint density at radius 2 is 1.83 bits per heavy atom. The van der Waals surface area contributed by atoms with Gasteiger partial charge in [-0.15, -0.1) is 11.3 Å². The van der Waals surface area contributed by atoms with Crippen molar-refractivity contribution < 1.29 is 14.3 Å². The second kappa shape index (κ2) is 10.2. The van der Waals surface area contributed by atoms with Crippen molar-refractivity contribution in [1.29, 1.82) is 0 Å². The zero-order valence-electron chi connectivity index (χ0n) is 17.1. The topological polar surface area (TPSA) is 51.7 Å². The minimum atomic E-state index is -0.0157. The lowest BCUT2D eigenvalue weighted by Crippen LogP contribution is -2.33. The van der Waals surface area contributed by atoms with Crippen LogP contribution in [0.1, 0.15) is 27.9 Å². The summed E-state index contributed by atoms with van der Waals surface area (Å²) in [6, 6.07) is 17.8. The van der Waals surface area contributed by atoms with E-state index in [4.69, 9.17) is 9.47 Å². The third-order valence-electron chi connectivity index (χ3n) is 4.47. The van der Waals surface area contributed by atoms with E-state index in [0.717, 1.165) is 27.6 Å². The number of aromatic nitrogens is 1. The summed E-state index contributed by atoms with van der Waals surface area (Å²) in [5.74, 6) is 0.813. The highest BCUT2D eigenvalue weighted by Crippen LogP contribution is 2.30. The maximum Gasteiger partial charge on any atom is 0.266 e. The molecule has 1 amide bonds. The number of nitrogens with zero attached hydrogens (tertiary/aromatic N) is 2. The van der Waals surface area contributed by atoms with Crippen LogP contribution in [-0.2, 0) is 11.3 Å². The van der Waals surface area contributed by atoms with E-state index < -0.39 is 0 Å². The highest BCUT2D eigenvalue weighted by atomic mass is 32.1. The third-order valence-corrected chi connectivity index (χ3v) is 5.67. The molecule has 3 rings (SSSR count). The second-order valence-electron chi connectivity index (χ2n) is 6.60. The van der Waals surface area contributed by atoms with Crippen molar-refractivity contribution in [1.82, 2.24) is 9.88 Å². The number of amides is 1. The molecule has 0 radical (unpaired) electrons. The molecule has 0 saturated carbocycles. The number of carbonyl (C=O) groups is 1. The lowest BCUT2D eigenvalue weighted by Gasteiger charge is -2.22. The zero-order chi connectivity index (χ0) is 20.6. The van der Waals surface area contributed by atoms with Gasteiger partial charge in [0.05, 0.1) is 18.9 Å². The van der Waals surface area contributed by atoms with Crippen LogP contribution in [0.3, 0.4) is 0 Å². The molecule has 0 aliphatic rings. The standard InChI is InChI=1S/C23H26N2O3S/c1-4-28-20-12-10-19(11-13-20)22-24-17(2)21(29-22)23(26)25(14-15-27-3)16-18-8-6-5-7-9-18/h5-13H,4,14-16H2,1-3H3. The van der Waals surface area contributed by atoms with Gasteiger partial charge in [-0.1, -0.05) is 30.3 Å². The predicted molar refractivity (Wildman–Crippen MR) is 117 cm³/mol. The Hall–Kier alpha value is -2.70. The molecule has 0 spiro atoms. The molecule has 0 N–H and O–H groups in total. The van der Waals surface area contributed by atoms with Crippen molar-refractivity contribution in [2.24, 2.45) is 0 Å². The molecule has 5 nitrogen and oxygen atoms in total. The van der Waals surface area contributed by atoms with E-state index in [-0.39, 0.29) is 5.91 Å². The normalized spacial score (nSPS) is 10.7. The minimum Gasteiger partial charge on any atom is -0.494 e. The number of rotatable bonds is 9. The van der Waals surface area contributed by atoms with Gasteiger partial charge in [-0.25, -0.2) is 4.98 Å². The van der Waals surface area contributed by atoms with Crippen LogP contribution in [0, 0.1) is 6.92 Å².